The van der Waals surface area contributed by atoms with Gasteiger partial charge in [-0.25, -0.2) is 9.97 Å². The van der Waals surface area contributed by atoms with Gasteiger partial charge in [-0.2, -0.15) is 4.39 Å². The number of nitrogens with zero attached hydrogens (tertiary/aromatic N) is 6. The van der Waals surface area contributed by atoms with Crippen LogP contribution in [0, 0.1) is 28.6 Å². The monoisotopic (exact) mass is 721 g/mol. The molecule has 11 heteroatoms. The largest absolute Gasteiger partial charge is 0.368 e. The average molecular weight is 721 g/mol. The zero-order valence-electron chi connectivity index (χ0n) is 33.2. The summed E-state index contributed by atoms with van der Waals surface area (Å²) in [6, 6.07) is 8.53. The molecule has 2 saturated heterocycles. The molecule has 52 heavy (non-hydrogen) atoms. The fourth-order valence-corrected chi connectivity index (χ4v) is 8.79. The molecule has 0 radical (unpaired) electrons. The summed E-state index contributed by atoms with van der Waals surface area (Å²) in [6.07, 6.45) is 11.1. The van der Waals surface area contributed by atoms with Gasteiger partial charge in [0.2, 0.25) is 5.95 Å². The van der Waals surface area contributed by atoms with Gasteiger partial charge in [0, 0.05) is 78.5 Å². The molecular weight excluding hydrogens is 656 g/mol. The van der Waals surface area contributed by atoms with Crippen molar-refractivity contribution in [3.05, 3.63) is 47.8 Å². The Labute approximate surface area is 312 Å². The third-order valence-electron chi connectivity index (χ3n) is 12.9. The Hall–Kier alpha value is -3.31. The molecule has 4 aliphatic rings. The molecule has 2 unspecified atom stereocenters. The Morgan fingerprint density at radius 2 is 1.25 bits per heavy atom. The van der Waals surface area contributed by atoms with Crippen LogP contribution in [0.25, 0.3) is 0 Å². The van der Waals surface area contributed by atoms with E-state index in [1.165, 1.54) is 52.0 Å². The maximum Gasteiger partial charge on any atom is 0.269 e. The summed E-state index contributed by atoms with van der Waals surface area (Å²) in [4.78, 5) is 41.0. The lowest BCUT2D eigenvalue weighted by Gasteiger charge is -2.39. The Bertz CT molecular complexity index is 1480. The Morgan fingerprint density at radius 1 is 0.731 bits per heavy atom. The van der Waals surface area contributed by atoms with Gasteiger partial charge in [0.1, 0.15) is 11.4 Å². The highest BCUT2D eigenvalue weighted by atomic mass is 19.1. The Morgan fingerprint density at radius 3 is 1.73 bits per heavy atom. The van der Waals surface area contributed by atoms with Gasteiger partial charge in [0.25, 0.3) is 11.8 Å². The Balaban J connectivity index is 0.000000201. The van der Waals surface area contributed by atoms with E-state index >= 15 is 0 Å². The molecule has 4 atom stereocenters. The van der Waals surface area contributed by atoms with Crippen molar-refractivity contribution in [2.75, 3.05) is 76.3 Å². The standard InChI is InChI=1S/C21H34N4O.C20H31FN4O/c1-5-21(2,3)16-6-7-17(14-16)24-10-12-25(13-11-24)18-8-9-19(23-15-18)20(26)22-4;1-20(2,3)14-5-6-15(13-14)24-9-11-25(12-10-24)17-8-7-16(19(26)22-4)23-18(17)21/h8-9,15-17H,5-7,10-14H2,1-4H3,(H,22,26);7-8,14-15H,5-6,9-13H2,1-4H3,(H,22,26)/t16?,17-;14?,15-/m11/s1. The molecule has 2 N–H and O–H groups in total. The van der Waals surface area contributed by atoms with E-state index in [0.717, 1.165) is 75.9 Å². The highest BCUT2D eigenvalue weighted by Crippen LogP contribution is 2.44. The number of halogens is 1. The predicted molar refractivity (Wildman–Crippen MR) is 209 cm³/mol. The van der Waals surface area contributed by atoms with E-state index in [1.54, 1.807) is 19.2 Å². The van der Waals surface area contributed by atoms with Gasteiger partial charge in [0.15, 0.2) is 0 Å². The van der Waals surface area contributed by atoms with Crippen LogP contribution in [0.15, 0.2) is 30.5 Å². The summed E-state index contributed by atoms with van der Waals surface area (Å²) in [5.41, 5.74) is 3.08. The molecule has 4 fully saturated rings. The second-order valence-electron chi connectivity index (χ2n) is 17.1. The third-order valence-corrected chi connectivity index (χ3v) is 12.9. The molecule has 0 bridgehead atoms. The van der Waals surface area contributed by atoms with Crippen LogP contribution in [-0.2, 0) is 0 Å². The smallest absolute Gasteiger partial charge is 0.269 e. The number of aromatic nitrogens is 2. The van der Waals surface area contributed by atoms with Crippen molar-refractivity contribution in [3.8, 4) is 0 Å². The lowest BCUT2D eigenvalue weighted by atomic mass is 9.76. The predicted octanol–water partition coefficient (Wildman–Crippen LogP) is 6.09. The highest BCUT2D eigenvalue weighted by molar-refractivity contribution is 5.92. The molecule has 2 aliphatic carbocycles. The van der Waals surface area contributed by atoms with Crippen molar-refractivity contribution in [1.29, 1.82) is 0 Å². The highest BCUT2D eigenvalue weighted by Gasteiger charge is 2.38. The molecular formula is C41H65FN8O2. The number of carbonyl (C=O) groups is 2. The lowest BCUT2D eigenvalue weighted by molar-refractivity contribution is 0.0949. The summed E-state index contributed by atoms with van der Waals surface area (Å²) < 4.78 is 14.4. The lowest BCUT2D eigenvalue weighted by Crippen LogP contribution is -2.50. The van der Waals surface area contributed by atoms with E-state index in [9.17, 15) is 14.0 Å². The van der Waals surface area contributed by atoms with Crippen LogP contribution in [-0.4, -0.2) is 110 Å². The zero-order chi connectivity index (χ0) is 37.6. The number of rotatable bonds is 8. The van der Waals surface area contributed by atoms with E-state index in [1.807, 2.05) is 23.2 Å². The molecule has 288 valence electrons. The van der Waals surface area contributed by atoms with E-state index in [4.69, 9.17) is 0 Å². The first-order valence-corrected chi connectivity index (χ1v) is 19.8. The van der Waals surface area contributed by atoms with Gasteiger partial charge >= 0.3 is 0 Å². The van der Waals surface area contributed by atoms with Gasteiger partial charge < -0.3 is 20.4 Å². The number of anilines is 2. The van der Waals surface area contributed by atoms with Crippen LogP contribution in [0.4, 0.5) is 15.8 Å². The molecule has 0 aromatic carbocycles. The molecule has 10 nitrogen and oxygen atoms in total. The second kappa shape index (κ2) is 17.2. The number of carbonyl (C=O) groups excluding carboxylic acids is 2. The topological polar surface area (TPSA) is 96.9 Å². The van der Waals surface area contributed by atoms with Crippen molar-refractivity contribution in [2.45, 2.75) is 98.6 Å². The normalized spacial score (nSPS) is 24.7. The summed E-state index contributed by atoms with van der Waals surface area (Å²) >= 11 is 0. The first-order valence-electron chi connectivity index (χ1n) is 19.8. The number of piperazine rings is 2. The summed E-state index contributed by atoms with van der Waals surface area (Å²) in [5, 5.41) is 5.08. The molecule has 0 spiro atoms. The van der Waals surface area contributed by atoms with Crippen LogP contribution in [0.5, 0.6) is 0 Å². The molecule has 2 aromatic rings. The molecule has 6 rings (SSSR count). The van der Waals surface area contributed by atoms with Gasteiger partial charge in [0.05, 0.1) is 17.6 Å². The number of hydrogen-bond donors (Lipinski definition) is 2. The molecule has 2 amide bonds. The van der Waals surface area contributed by atoms with E-state index < -0.39 is 5.95 Å². The van der Waals surface area contributed by atoms with Gasteiger partial charge in [-0.15, -0.1) is 0 Å². The second-order valence-corrected chi connectivity index (χ2v) is 17.1. The molecule has 2 saturated carbocycles. The third kappa shape index (κ3) is 9.61. The first-order chi connectivity index (χ1) is 24.7. The number of amides is 2. The maximum atomic E-state index is 14.4. The van der Waals surface area contributed by atoms with Crippen LogP contribution in [0.3, 0.4) is 0 Å². The fourth-order valence-electron chi connectivity index (χ4n) is 8.79. The van der Waals surface area contributed by atoms with Crippen molar-refractivity contribution in [3.63, 3.8) is 0 Å². The maximum absolute atomic E-state index is 14.4. The number of hydrogen-bond acceptors (Lipinski definition) is 8. The fraction of sp³-hybridized carbons (Fsp3) is 0.707. The van der Waals surface area contributed by atoms with Gasteiger partial charge in [-0.05, 0) is 85.5 Å². The van der Waals surface area contributed by atoms with Crippen LogP contribution in [0.2, 0.25) is 0 Å². The molecule has 2 aromatic heterocycles. The SMILES string of the molecule is CCC(C)(C)C1CC[C@@H](N2CCN(c3ccc(C(=O)NC)nc3)CC2)C1.CNC(=O)c1ccc(N2CCN([C@@H]3CCC(C(C)(C)C)C3)CC2)c(F)n1. The average Bonchev–Trinajstić information content (AvgIpc) is 3.87. The van der Waals surface area contributed by atoms with Crippen molar-refractivity contribution >= 4 is 23.2 Å². The van der Waals surface area contributed by atoms with Gasteiger partial charge in [-0.1, -0.05) is 48.0 Å². The molecule has 4 heterocycles. The molecule has 2 aliphatic heterocycles. The minimum atomic E-state index is -0.562. The minimum Gasteiger partial charge on any atom is -0.368 e. The van der Waals surface area contributed by atoms with Crippen LogP contribution in [0.1, 0.15) is 107 Å². The van der Waals surface area contributed by atoms with Crippen LogP contribution < -0.4 is 20.4 Å². The summed E-state index contributed by atoms with van der Waals surface area (Å²) in [6.45, 7) is 22.1. The minimum absolute atomic E-state index is 0.117. The first kappa shape index (κ1) is 39.9. The zero-order valence-corrected chi connectivity index (χ0v) is 33.2. The van der Waals surface area contributed by atoms with Crippen molar-refractivity contribution in [2.24, 2.45) is 22.7 Å². The Kier molecular flexibility index (Phi) is 13.2. The summed E-state index contributed by atoms with van der Waals surface area (Å²) in [5.74, 6) is 0.608. The van der Waals surface area contributed by atoms with Crippen LogP contribution >= 0.6 is 0 Å². The number of pyridine rings is 2. The van der Waals surface area contributed by atoms with E-state index in [-0.39, 0.29) is 17.5 Å². The van der Waals surface area contributed by atoms with Crippen molar-refractivity contribution in [1.82, 2.24) is 30.4 Å². The summed E-state index contributed by atoms with van der Waals surface area (Å²) in [7, 11) is 3.15. The quantitative estimate of drug-likeness (QED) is 0.317. The van der Waals surface area contributed by atoms with E-state index in [0.29, 0.717) is 28.3 Å². The van der Waals surface area contributed by atoms with Crippen molar-refractivity contribution < 1.29 is 14.0 Å². The number of nitrogens with one attached hydrogen (secondary N) is 2. The van der Waals surface area contributed by atoms with Gasteiger partial charge in [-0.3, -0.25) is 19.4 Å². The van der Waals surface area contributed by atoms with E-state index in [2.05, 4.69) is 76.8 Å².